The first-order valence-corrected chi connectivity index (χ1v) is 10.2. The topological polar surface area (TPSA) is 58.6 Å². The summed E-state index contributed by atoms with van der Waals surface area (Å²) in [6, 6.07) is 26.0. The van der Waals surface area contributed by atoms with E-state index < -0.39 is 0 Å². The summed E-state index contributed by atoms with van der Waals surface area (Å²) >= 11 is 5.50. The second-order valence-electron chi connectivity index (χ2n) is 6.57. The highest BCUT2D eigenvalue weighted by Crippen LogP contribution is 2.25. The average Bonchev–Trinajstić information content (AvgIpc) is 2.80. The number of amides is 2. The van der Waals surface area contributed by atoms with Gasteiger partial charge in [-0.05, 0) is 55.0 Å². The maximum absolute atomic E-state index is 13.1. The summed E-state index contributed by atoms with van der Waals surface area (Å²) < 4.78 is 5.83. The molecule has 6 heteroatoms. The van der Waals surface area contributed by atoms with Crippen LogP contribution in [0.4, 0.5) is 5.69 Å². The van der Waals surface area contributed by atoms with Crippen molar-refractivity contribution in [3.63, 3.8) is 0 Å². The summed E-state index contributed by atoms with van der Waals surface area (Å²) in [5.74, 6) is 1.04. The van der Waals surface area contributed by atoms with Crippen LogP contribution in [0.15, 0.2) is 84.9 Å². The predicted octanol–water partition coefficient (Wildman–Crippen LogP) is 4.87. The van der Waals surface area contributed by atoms with Crippen LogP contribution in [0.1, 0.15) is 16.8 Å². The summed E-state index contributed by atoms with van der Waals surface area (Å²) in [5, 5.41) is 2.73. The van der Waals surface area contributed by atoms with Crippen LogP contribution in [0.2, 0.25) is 0 Å². The molecule has 154 valence electrons. The molecule has 1 N–H and O–H groups in total. The Morgan fingerprint density at radius 1 is 0.833 bits per heavy atom. The van der Waals surface area contributed by atoms with Crippen LogP contribution in [-0.2, 0) is 4.79 Å². The predicted molar refractivity (Wildman–Crippen MR) is 119 cm³/mol. The van der Waals surface area contributed by atoms with Gasteiger partial charge in [0.15, 0.2) is 0 Å². The Morgan fingerprint density at radius 2 is 1.43 bits per heavy atom. The molecule has 2 amide bonds. The fourth-order valence-electron chi connectivity index (χ4n) is 2.92. The zero-order valence-electron chi connectivity index (χ0n) is 16.5. The molecule has 0 heterocycles. The Labute approximate surface area is 181 Å². The van der Waals surface area contributed by atoms with E-state index >= 15 is 0 Å². The van der Waals surface area contributed by atoms with Crippen LogP contribution in [0, 0.1) is 0 Å². The molecule has 0 fully saturated rings. The van der Waals surface area contributed by atoms with E-state index in [4.69, 9.17) is 16.3 Å². The zero-order chi connectivity index (χ0) is 21.2. The quantitative estimate of drug-likeness (QED) is 0.395. The Balaban J connectivity index is 1.73. The largest absolute Gasteiger partial charge is 0.457 e. The number of para-hydroxylation sites is 1. The molecule has 0 radical (unpaired) electrons. The Hall–Kier alpha value is -3.31. The van der Waals surface area contributed by atoms with Gasteiger partial charge in [-0.2, -0.15) is 0 Å². The second kappa shape index (κ2) is 11.0. The molecule has 0 aliphatic carbocycles. The third-order valence-corrected chi connectivity index (χ3v) is 4.64. The van der Waals surface area contributed by atoms with E-state index in [1.165, 1.54) is 0 Å². The van der Waals surface area contributed by atoms with Gasteiger partial charge in [0.1, 0.15) is 17.4 Å². The normalized spacial score (nSPS) is 10.3. The molecule has 5 nitrogen and oxygen atoms in total. The molecule has 0 atom stereocenters. The molecule has 0 aliphatic rings. The average molecular weight is 423 g/mol. The van der Waals surface area contributed by atoms with Crippen LogP contribution in [0.3, 0.4) is 0 Å². The Morgan fingerprint density at radius 3 is 2.07 bits per heavy atom. The summed E-state index contributed by atoms with van der Waals surface area (Å²) in [4.78, 5) is 26.1. The fraction of sp³-hybridized carbons (Fsp3) is 0.167. The maximum Gasteiger partial charge on any atom is 0.258 e. The molecule has 3 rings (SSSR count). The van der Waals surface area contributed by atoms with Crippen molar-refractivity contribution in [3.05, 3.63) is 90.5 Å². The van der Waals surface area contributed by atoms with Gasteiger partial charge in [-0.15, -0.1) is 11.6 Å². The zero-order valence-corrected chi connectivity index (χ0v) is 17.2. The minimum Gasteiger partial charge on any atom is -0.457 e. The molecule has 0 spiro atoms. The molecular weight excluding hydrogens is 400 g/mol. The second-order valence-corrected chi connectivity index (χ2v) is 6.84. The number of benzene rings is 3. The molecule has 3 aromatic rings. The number of ether oxygens (including phenoxy) is 1. The number of alkyl halides is 1. The Kier molecular flexibility index (Phi) is 7.86. The first kappa shape index (κ1) is 21.4. The first-order valence-electron chi connectivity index (χ1n) is 9.70. The number of nitrogens with one attached hydrogen (secondary N) is 1. The van der Waals surface area contributed by atoms with Crippen LogP contribution >= 0.6 is 11.6 Å². The van der Waals surface area contributed by atoms with Gasteiger partial charge in [0, 0.05) is 24.3 Å². The number of carbonyl (C=O) groups is 2. The van der Waals surface area contributed by atoms with Gasteiger partial charge in [0.05, 0.1) is 0 Å². The lowest BCUT2D eigenvalue weighted by molar-refractivity contribution is -0.118. The van der Waals surface area contributed by atoms with Gasteiger partial charge in [-0.3, -0.25) is 9.59 Å². The van der Waals surface area contributed by atoms with Crippen molar-refractivity contribution < 1.29 is 14.3 Å². The van der Waals surface area contributed by atoms with Gasteiger partial charge in [-0.25, -0.2) is 0 Å². The number of anilines is 1. The van der Waals surface area contributed by atoms with Gasteiger partial charge in [0.25, 0.3) is 5.91 Å². The summed E-state index contributed by atoms with van der Waals surface area (Å²) in [6.07, 6.45) is 0.601. The molecule has 0 aliphatic heterocycles. The standard InChI is InChI=1S/C24H23ClN2O3/c25-18-23(28)26-16-7-17-27(24(29)19-8-3-1-4-9-19)20-12-14-22(15-13-20)30-21-10-5-2-6-11-21/h1-6,8-15H,7,16-18H2,(H,26,28). The smallest absolute Gasteiger partial charge is 0.258 e. The van der Waals surface area contributed by atoms with Gasteiger partial charge < -0.3 is 15.0 Å². The molecular formula is C24H23ClN2O3. The molecule has 3 aromatic carbocycles. The molecule has 0 saturated heterocycles. The maximum atomic E-state index is 13.1. The number of nitrogens with zero attached hydrogens (tertiary/aromatic N) is 1. The molecule has 0 aromatic heterocycles. The number of rotatable bonds is 9. The Bertz CT molecular complexity index is 947. The van der Waals surface area contributed by atoms with Crippen molar-refractivity contribution in [2.75, 3.05) is 23.9 Å². The fourth-order valence-corrected chi connectivity index (χ4v) is 3.01. The summed E-state index contributed by atoms with van der Waals surface area (Å²) in [6.45, 7) is 0.897. The van der Waals surface area contributed by atoms with E-state index in [1.807, 2.05) is 72.8 Å². The van der Waals surface area contributed by atoms with Crippen LogP contribution in [0.25, 0.3) is 0 Å². The van der Waals surface area contributed by atoms with E-state index in [-0.39, 0.29) is 17.7 Å². The van der Waals surface area contributed by atoms with E-state index in [0.29, 0.717) is 30.8 Å². The van der Waals surface area contributed by atoms with Crippen LogP contribution in [0.5, 0.6) is 11.5 Å². The van der Waals surface area contributed by atoms with E-state index in [0.717, 1.165) is 11.4 Å². The highest BCUT2D eigenvalue weighted by Gasteiger charge is 2.17. The van der Waals surface area contributed by atoms with Crippen molar-refractivity contribution in [1.29, 1.82) is 0 Å². The van der Waals surface area contributed by atoms with Crippen molar-refractivity contribution in [1.82, 2.24) is 5.32 Å². The molecule has 0 bridgehead atoms. The third-order valence-electron chi connectivity index (χ3n) is 4.40. The number of hydrogen-bond acceptors (Lipinski definition) is 3. The first-order chi connectivity index (χ1) is 14.7. The highest BCUT2D eigenvalue weighted by molar-refractivity contribution is 6.27. The molecule has 0 unspecified atom stereocenters. The summed E-state index contributed by atoms with van der Waals surface area (Å²) in [7, 11) is 0. The van der Waals surface area contributed by atoms with Crippen molar-refractivity contribution in [2.45, 2.75) is 6.42 Å². The SMILES string of the molecule is O=C(CCl)NCCCN(C(=O)c1ccccc1)c1ccc(Oc2ccccc2)cc1. The lowest BCUT2D eigenvalue weighted by Gasteiger charge is -2.23. The highest BCUT2D eigenvalue weighted by atomic mass is 35.5. The van der Waals surface area contributed by atoms with Crippen LogP contribution in [-0.4, -0.2) is 30.8 Å². The number of hydrogen-bond donors (Lipinski definition) is 1. The van der Waals surface area contributed by atoms with Crippen LogP contribution < -0.4 is 15.0 Å². The lowest BCUT2D eigenvalue weighted by atomic mass is 10.1. The lowest BCUT2D eigenvalue weighted by Crippen LogP contribution is -2.34. The minimum absolute atomic E-state index is 0.0739. The molecule has 30 heavy (non-hydrogen) atoms. The van der Waals surface area contributed by atoms with E-state index in [2.05, 4.69) is 5.32 Å². The van der Waals surface area contributed by atoms with E-state index in [9.17, 15) is 9.59 Å². The minimum atomic E-state index is -0.222. The summed E-state index contributed by atoms with van der Waals surface area (Å²) in [5.41, 5.74) is 1.36. The number of halogens is 1. The van der Waals surface area contributed by atoms with Crippen molar-refractivity contribution in [2.24, 2.45) is 0 Å². The van der Waals surface area contributed by atoms with Crippen molar-refractivity contribution >= 4 is 29.1 Å². The number of carbonyl (C=O) groups excluding carboxylic acids is 2. The van der Waals surface area contributed by atoms with Crippen molar-refractivity contribution in [3.8, 4) is 11.5 Å². The molecule has 0 saturated carbocycles. The van der Waals surface area contributed by atoms with Gasteiger partial charge >= 0.3 is 0 Å². The van der Waals surface area contributed by atoms with Gasteiger partial charge in [-0.1, -0.05) is 36.4 Å². The third kappa shape index (κ3) is 6.09. The van der Waals surface area contributed by atoms with Gasteiger partial charge in [0.2, 0.25) is 5.91 Å². The van der Waals surface area contributed by atoms with E-state index in [1.54, 1.807) is 17.0 Å². The monoisotopic (exact) mass is 422 g/mol.